The lowest BCUT2D eigenvalue weighted by Crippen LogP contribution is -2.43. The number of nitrogens with zero attached hydrogens (tertiary/aromatic N) is 1. The molecule has 0 atom stereocenters. The molecule has 4 heteroatoms. The number of thiophene rings is 1. The summed E-state index contributed by atoms with van der Waals surface area (Å²) < 4.78 is 0. The van der Waals surface area contributed by atoms with E-state index in [1.165, 1.54) is 10.6 Å². The van der Waals surface area contributed by atoms with Gasteiger partial charge in [0.15, 0.2) is 0 Å². The summed E-state index contributed by atoms with van der Waals surface area (Å²) in [5.41, 5.74) is 7.07. The molecule has 1 aliphatic rings. The average Bonchev–Trinajstić information content (AvgIpc) is 2.47. The van der Waals surface area contributed by atoms with E-state index in [2.05, 4.69) is 23.2 Å². The molecule has 0 bridgehead atoms. The van der Waals surface area contributed by atoms with Crippen LogP contribution in [0.5, 0.6) is 0 Å². The lowest BCUT2D eigenvalue weighted by molar-refractivity contribution is 0.591. The van der Waals surface area contributed by atoms with Crippen molar-refractivity contribution in [1.82, 2.24) is 5.32 Å². The molecule has 3 N–H and O–H groups in total. The predicted molar refractivity (Wildman–Crippen MR) is 58.6 cm³/mol. The van der Waals surface area contributed by atoms with Crippen molar-refractivity contribution in [2.45, 2.75) is 6.92 Å². The summed E-state index contributed by atoms with van der Waals surface area (Å²) in [5.74, 6) is 0. The van der Waals surface area contributed by atoms with E-state index in [0.717, 1.165) is 31.2 Å². The first-order valence-electron chi connectivity index (χ1n) is 4.59. The quantitative estimate of drug-likeness (QED) is 0.707. The lowest BCUT2D eigenvalue weighted by Gasteiger charge is -2.28. The van der Waals surface area contributed by atoms with Crippen LogP contribution in [0.25, 0.3) is 0 Å². The minimum absolute atomic E-state index is 0.922. The number of nitrogen functional groups attached to an aromatic ring is 1. The van der Waals surface area contributed by atoms with Gasteiger partial charge >= 0.3 is 0 Å². The van der Waals surface area contributed by atoms with Gasteiger partial charge in [-0.1, -0.05) is 0 Å². The second kappa shape index (κ2) is 3.55. The highest BCUT2D eigenvalue weighted by Crippen LogP contribution is 2.32. The maximum Gasteiger partial charge on any atom is 0.0960 e. The third kappa shape index (κ3) is 1.78. The molecule has 0 unspecified atom stereocenters. The Labute approximate surface area is 82.5 Å². The number of piperazine rings is 1. The molecule has 1 fully saturated rings. The number of anilines is 2. The SMILES string of the molecule is Cc1cc(N)sc1N1CCNCC1. The van der Waals surface area contributed by atoms with E-state index in [1.807, 2.05) is 0 Å². The van der Waals surface area contributed by atoms with Gasteiger partial charge in [-0.3, -0.25) is 0 Å². The van der Waals surface area contributed by atoms with Crippen LogP contribution in [0.1, 0.15) is 5.56 Å². The second-order valence-corrected chi connectivity index (χ2v) is 4.44. The molecule has 1 aliphatic heterocycles. The van der Waals surface area contributed by atoms with Crippen molar-refractivity contribution < 1.29 is 0 Å². The Kier molecular flexibility index (Phi) is 2.42. The molecule has 3 nitrogen and oxygen atoms in total. The van der Waals surface area contributed by atoms with Crippen molar-refractivity contribution in [2.24, 2.45) is 0 Å². The molecule has 0 aromatic carbocycles. The van der Waals surface area contributed by atoms with Gasteiger partial charge in [0.2, 0.25) is 0 Å². The predicted octanol–water partition coefficient (Wildman–Crippen LogP) is 1.05. The fourth-order valence-corrected chi connectivity index (χ4v) is 2.67. The third-order valence-corrected chi connectivity index (χ3v) is 3.44. The molecule has 0 saturated carbocycles. The van der Waals surface area contributed by atoms with E-state index in [4.69, 9.17) is 5.73 Å². The molecule has 2 rings (SSSR count). The van der Waals surface area contributed by atoms with Crippen LogP contribution < -0.4 is 16.0 Å². The van der Waals surface area contributed by atoms with E-state index in [9.17, 15) is 0 Å². The second-order valence-electron chi connectivity index (χ2n) is 3.37. The van der Waals surface area contributed by atoms with Crippen LogP contribution >= 0.6 is 11.3 Å². The Morgan fingerprint density at radius 2 is 2.15 bits per heavy atom. The number of aryl methyl sites for hydroxylation is 1. The van der Waals surface area contributed by atoms with Crippen LogP contribution in [-0.2, 0) is 0 Å². The number of hydrogen-bond donors (Lipinski definition) is 2. The minimum atomic E-state index is 0.922. The van der Waals surface area contributed by atoms with E-state index < -0.39 is 0 Å². The first-order chi connectivity index (χ1) is 6.27. The van der Waals surface area contributed by atoms with Gasteiger partial charge in [0.05, 0.1) is 10.0 Å². The maximum atomic E-state index is 5.76. The molecular formula is C9H15N3S. The number of nitrogens with two attached hydrogens (primary N) is 1. The first kappa shape index (κ1) is 8.84. The largest absolute Gasteiger partial charge is 0.391 e. The molecule has 72 valence electrons. The molecule has 0 amide bonds. The van der Waals surface area contributed by atoms with Gasteiger partial charge in [-0.2, -0.15) is 0 Å². The molecule has 1 aromatic rings. The van der Waals surface area contributed by atoms with Crippen LogP contribution in [0.3, 0.4) is 0 Å². The standard InChI is InChI=1S/C9H15N3S/c1-7-6-8(10)13-9(7)12-4-2-11-3-5-12/h6,11H,2-5,10H2,1H3. The fourth-order valence-electron chi connectivity index (χ4n) is 1.68. The van der Waals surface area contributed by atoms with E-state index >= 15 is 0 Å². The van der Waals surface area contributed by atoms with Crippen molar-refractivity contribution >= 4 is 21.3 Å². The van der Waals surface area contributed by atoms with E-state index in [0.29, 0.717) is 0 Å². The molecule has 13 heavy (non-hydrogen) atoms. The first-order valence-corrected chi connectivity index (χ1v) is 5.40. The molecule has 2 heterocycles. The Hall–Kier alpha value is -0.740. The molecule has 0 aliphatic carbocycles. The van der Waals surface area contributed by atoms with Crippen LogP contribution in [-0.4, -0.2) is 26.2 Å². The smallest absolute Gasteiger partial charge is 0.0960 e. The summed E-state index contributed by atoms with van der Waals surface area (Å²) >= 11 is 1.70. The zero-order chi connectivity index (χ0) is 9.26. The normalized spacial score (nSPS) is 17.8. The van der Waals surface area contributed by atoms with Crippen LogP contribution in [0.4, 0.5) is 10.0 Å². The maximum absolute atomic E-state index is 5.76. The van der Waals surface area contributed by atoms with Crippen LogP contribution in [0, 0.1) is 6.92 Å². The van der Waals surface area contributed by atoms with E-state index in [1.54, 1.807) is 11.3 Å². The number of nitrogens with one attached hydrogen (secondary N) is 1. The van der Waals surface area contributed by atoms with Crippen LogP contribution in [0.15, 0.2) is 6.07 Å². The van der Waals surface area contributed by atoms with Crippen molar-refractivity contribution in [3.05, 3.63) is 11.6 Å². The molecule has 1 aromatic heterocycles. The van der Waals surface area contributed by atoms with Gasteiger partial charge in [-0.05, 0) is 18.6 Å². The average molecular weight is 197 g/mol. The van der Waals surface area contributed by atoms with Crippen molar-refractivity contribution in [3.63, 3.8) is 0 Å². The summed E-state index contributed by atoms with van der Waals surface area (Å²) in [7, 11) is 0. The number of rotatable bonds is 1. The van der Waals surface area contributed by atoms with E-state index in [-0.39, 0.29) is 0 Å². The van der Waals surface area contributed by atoms with Gasteiger partial charge in [-0.15, -0.1) is 11.3 Å². The topological polar surface area (TPSA) is 41.3 Å². The van der Waals surface area contributed by atoms with Gasteiger partial charge in [0, 0.05) is 26.2 Å². The van der Waals surface area contributed by atoms with Crippen molar-refractivity contribution in [1.29, 1.82) is 0 Å². The summed E-state index contributed by atoms with van der Waals surface area (Å²) in [6, 6.07) is 2.06. The summed E-state index contributed by atoms with van der Waals surface area (Å²) in [4.78, 5) is 2.41. The summed E-state index contributed by atoms with van der Waals surface area (Å²) in [5, 5.41) is 5.61. The van der Waals surface area contributed by atoms with Crippen molar-refractivity contribution in [2.75, 3.05) is 36.8 Å². The molecule has 0 radical (unpaired) electrons. The summed E-state index contributed by atoms with van der Waals surface area (Å²) in [6.45, 7) is 6.49. The lowest BCUT2D eigenvalue weighted by atomic mass is 10.3. The highest BCUT2D eigenvalue weighted by Gasteiger charge is 2.14. The van der Waals surface area contributed by atoms with Gasteiger partial charge in [0.1, 0.15) is 0 Å². The zero-order valence-corrected chi connectivity index (χ0v) is 8.66. The molecule has 1 saturated heterocycles. The molecular weight excluding hydrogens is 182 g/mol. The van der Waals surface area contributed by atoms with Crippen LogP contribution in [0.2, 0.25) is 0 Å². The van der Waals surface area contributed by atoms with Crippen molar-refractivity contribution in [3.8, 4) is 0 Å². The fraction of sp³-hybridized carbons (Fsp3) is 0.556. The Bertz CT molecular complexity index is 289. The van der Waals surface area contributed by atoms with Gasteiger partial charge < -0.3 is 16.0 Å². The highest BCUT2D eigenvalue weighted by atomic mass is 32.1. The Morgan fingerprint density at radius 3 is 2.69 bits per heavy atom. The minimum Gasteiger partial charge on any atom is -0.391 e. The third-order valence-electron chi connectivity index (χ3n) is 2.31. The highest BCUT2D eigenvalue weighted by molar-refractivity contribution is 7.20. The zero-order valence-electron chi connectivity index (χ0n) is 7.84. The van der Waals surface area contributed by atoms with Gasteiger partial charge in [0.25, 0.3) is 0 Å². The molecule has 0 spiro atoms. The Morgan fingerprint density at radius 1 is 1.46 bits per heavy atom. The monoisotopic (exact) mass is 197 g/mol. The Balaban J connectivity index is 2.18. The number of hydrogen-bond acceptors (Lipinski definition) is 4. The summed E-state index contributed by atoms with van der Waals surface area (Å²) in [6.07, 6.45) is 0. The van der Waals surface area contributed by atoms with Gasteiger partial charge in [-0.25, -0.2) is 0 Å².